The second-order valence-electron chi connectivity index (χ2n) is 3.62. The molecule has 0 aliphatic heterocycles. The SMILES string of the molecule is C=CCOc1cccc([N+](=O)[O-])c1C/C(=N\O)C(=O)[O-].[Na+]. The third-order valence-electron chi connectivity index (χ3n) is 2.36. The van der Waals surface area contributed by atoms with Crippen LogP contribution < -0.4 is 39.4 Å². The Morgan fingerprint density at radius 1 is 1.52 bits per heavy atom. The zero-order valence-corrected chi connectivity index (χ0v) is 13.3. The molecule has 0 bridgehead atoms. The number of carbonyl (C=O) groups is 1. The Balaban J connectivity index is 0.00000400. The monoisotopic (exact) mass is 302 g/mol. The molecule has 0 fully saturated rings. The first-order chi connectivity index (χ1) is 9.51. The number of aliphatic carboxylic acids is 1. The van der Waals surface area contributed by atoms with Crippen LogP contribution in [0.2, 0.25) is 0 Å². The number of nitro benzene ring substituents is 1. The van der Waals surface area contributed by atoms with Crippen LogP contribution in [-0.2, 0) is 11.2 Å². The molecule has 1 N–H and O–H groups in total. The number of carboxylic acids is 1. The number of nitrogens with zero attached hydrogens (tertiary/aromatic N) is 2. The first-order valence-electron chi connectivity index (χ1n) is 5.43. The minimum atomic E-state index is -1.72. The Hall–Kier alpha value is -1.90. The number of hydrogen-bond donors (Lipinski definition) is 1. The average Bonchev–Trinajstić information content (AvgIpc) is 2.42. The summed E-state index contributed by atoms with van der Waals surface area (Å²) in [5.41, 5.74) is -1.09. The summed E-state index contributed by atoms with van der Waals surface area (Å²) >= 11 is 0. The molecule has 0 saturated carbocycles. The topological polar surface area (TPSA) is 125 Å². The van der Waals surface area contributed by atoms with Gasteiger partial charge in [-0.2, -0.15) is 0 Å². The van der Waals surface area contributed by atoms with Crippen LogP contribution in [0.25, 0.3) is 0 Å². The molecular weight excluding hydrogens is 291 g/mol. The van der Waals surface area contributed by atoms with Gasteiger partial charge in [0.1, 0.15) is 18.1 Å². The second-order valence-corrected chi connectivity index (χ2v) is 3.62. The van der Waals surface area contributed by atoms with Crippen LogP contribution in [0.4, 0.5) is 5.69 Å². The molecule has 0 heterocycles. The van der Waals surface area contributed by atoms with E-state index in [1.54, 1.807) is 0 Å². The fraction of sp³-hybridized carbons (Fsp3) is 0.167. The van der Waals surface area contributed by atoms with E-state index in [1.165, 1.54) is 24.3 Å². The van der Waals surface area contributed by atoms with E-state index in [0.717, 1.165) is 0 Å². The molecule has 21 heavy (non-hydrogen) atoms. The maximum Gasteiger partial charge on any atom is 1.00 e. The summed E-state index contributed by atoms with van der Waals surface area (Å²) in [5, 5.41) is 32.8. The number of benzene rings is 1. The van der Waals surface area contributed by atoms with Gasteiger partial charge in [-0.1, -0.05) is 23.9 Å². The van der Waals surface area contributed by atoms with Crippen molar-refractivity contribution < 1.29 is 54.3 Å². The van der Waals surface area contributed by atoms with Crippen molar-refractivity contribution in [1.29, 1.82) is 0 Å². The smallest absolute Gasteiger partial charge is 0.543 e. The van der Waals surface area contributed by atoms with E-state index >= 15 is 0 Å². The molecule has 0 saturated heterocycles. The molecule has 8 nitrogen and oxygen atoms in total. The second kappa shape index (κ2) is 9.11. The van der Waals surface area contributed by atoms with Gasteiger partial charge in [-0.25, -0.2) is 0 Å². The molecule has 1 rings (SSSR count). The van der Waals surface area contributed by atoms with Crippen molar-refractivity contribution in [2.24, 2.45) is 5.16 Å². The number of hydrogen-bond acceptors (Lipinski definition) is 7. The maximum absolute atomic E-state index is 11.0. The summed E-state index contributed by atoms with van der Waals surface area (Å²) in [6, 6.07) is 4.03. The van der Waals surface area contributed by atoms with Crippen LogP contribution in [0.1, 0.15) is 5.56 Å². The van der Waals surface area contributed by atoms with Crippen molar-refractivity contribution in [3.63, 3.8) is 0 Å². The molecule has 0 aliphatic carbocycles. The Morgan fingerprint density at radius 2 is 2.19 bits per heavy atom. The minimum Gasteiger partial charge on any atom is -0.543 e. The van der Waals surface area contributed by atoms with Gasteiger partial charge in [-0.15, -0.1) is 0 Å². The van der Waals surface area contributed by atoms with Gasteiger partial charge >= 0.3 is 29.6 Å². The first-order valence-corrected chi connectivity index (χ1v) is 5.43. The van der Waals surface area contributed by atoms with Gasteiger partial charge in [0.05, 0.1) is 16.5 Å². The van der Waals surface area contributed by atoms with Gasteiger partial charge in [0.15, 0.2) is 0 Å². The molecule has 0 amide bonds. The van der Waals surface area contributed by atoms with Crippen LogP contribution in [0.3, 0.4) is 0 Å². The molecule has 0 spiro atoms. The quantitative estimate of drug-likeness (QED) is 0.146. The molecule has 106 valence electrons. The van der Waals surface area contributed by atoms with Crippen LogP contribution in [-0.4, -0.2) is 28.4 Å². The van der Waals surface area contributed by atoms with Gasteiger partial charge in [-0.05, 0) is 6.07 Å². The molecule has 1 aromatic rings. The standard InChI is InChI=1S/C12H12N2O6.Na/c1-2-6-20-11-5-3-4-10(14(18)19)8(11)7-9(13-17)12(15)16;/h2-5,17H,1,6-7H2,(H,15,16);/q;+1/p-1/b13-9+;. The molecule has 0 aromatic heterocycles. The minimum absolute atomic E-state index is 0. The molecule has 0 atom stereocenters. The number of nitro groups is 1. The number of carbonyl (C=O) groups excluding carboxylic acids is 1. The summed E-state index contributed by atoms with van der Waals surface area (Å²) in [5.74, 6) is -1.61. The first kappa shape index (κ1) is 19.1. The van der Waals surface area contributed by atoms with E-state index in [-0.39, 0.29) is 53.2 Å². The summed E-state index contributed by atoms with van der Waals surface area (Å²) in [6.45, 7) is 3.53. The summed E-state index contributed by atoms with van der Waals surface area (Å²) in [7, 11) is 0. The van der Waals surface area contributed by atoms with E-state index in [0.29, 0.717) is 0 Å². The predicted molar refractivity (Wildman–Crippen MR) is 66.7 cm³/mol. The zero-order chi connectivity index (χ0) is 15.1. The molecule has 0 unspecified atom stereocenters. The van der Waals surface area contributed by atoms with Crippen molar-refractivity contribution in [2.75, 3.05) is 6.61 Å². The Kier molecular flexibility index (Phi) is 8.29. The summed E-state index contributed by atoms with van der Waals surface area (Å²) in [4.78, 5) is 21.0. The van der Waals surface area contributed by atoms with Gasteiger partial charge in [0.2, 0.25) is 0 Å². The summed E-state index contributed by atoms with van der Waals surface area (Å²) < 4.78 is 5.23. The fourth-order valence-electron chi connectivity index (χ4n) is 1.50. The maximum atomic E-state index is 11.0. The van der Waals surface area contributed by atoms with E-state index in [9.17, 15) is 20.0 Å². The van der Waals surface area contributed by atoms with Crippen LogP contribution in [0, 0.1) is 10.1 Å². The van der Waals surface area contributed by atoms with Gasteiger partial charge < -0.3 is 19.8 Å². The third-order valence-corrected chi connectivity index (χ3v) is 2.36. The van der Waals surface area contributed by atoms with E-state index in [1.807, 2.05) is 0 Å². The predicted octanol–water partition coefficient (Wildman–Crippen LogP) is -2.71. The normalized spacial score (nSPS) is 10.4. The Morgan fingerprint density at radius 3 is 2.67 bits per heavy atom. The van der Waals surface area contributed by atoms with Gasteiger partial charge in [0, 0.05) is 12.5 Å². The van der Waals surface area contributed by atoms with Crippen molar-refractivity contribution in [1.82, 2.24) is 0 Å². The van der Waals surface area contributed by atoms with Crippen LogP contribution in [0.5, 0.6) is 5.75 Å². The van der Waals surface area contributed by atoms with Gasteiger partial charge in [-0.3, -0.25) is 10.1 Å². The fourth-order valence-corrected chi connectivity index (χ4v) is 1.50. The van der Waals surface area contributed by atoms with E-state index < -0.39 is 23.0 Å². The van der Waals surface area contributed by atoms with E-state index in [2.05, 4.69) is 11.7 Å². The van der Waals surface area contributed by atoms with Crippen molar-refractivity contribution >= 4 is 17.4 Å². The van der Waals surface area contributed by atoms with E-state index in [4.69, 9.17) is 9.94 Å². The van der Waals surface area contributed by atoms with Crippen molar-refractivity contribution in [3.8, 4) is 5.75 Å². The average molecular weight is 302 g/mol. The largest absolute Gasteiger partial charge is 1.00 e. The number of oxime groups is 1. The number of ether oxygens (including phenoxy) is 1. The molecular formula is C12H11N2NaO6. The Bertz CT molecular complexity index is 573. The number of carboxylic acid groups (broad SMARTS) is 1. The Labute approximate surface area is 142 Å². The molecule has 0 radical (unpaired) electrons. The third kappa shape index (κ3) is 5.18. The van der Waals surface area contributed by atoms with Crippen molar-refractivity contribution in [3.05, 3.63) is 46.5 Å². The summed E-state index contributed by atoms with van der Waals surface area (Å²) in [6.07, 6.45) is 0.935. The molecule has 0 aliphatic rings. The van der Waals surface area contributed by atoms with Crippen LogP contribution >= 0.6 is 0 Å². The number of rotatable bonds is 7. The zero-order valence-electron chi connectivity index (χ0n) is 11.3. The van der Waals surface area contributed by atoms with Gasteiger partial charge in [0.25, 0.3) is 5.69 Å². The van der Waals surface area contributed by atoms with Crippen LogP contribution in [0.15, 0.2) is 36.0 Å². The molecule has 1 aromatic carbocycles. The van der Waals surface area contributed by atoms with Crippen molar-refractivity contribution in [2.45, 2.75) is 6.42 Å². The molecule has 9 heteroatoms.